The second-order valence-electron chi connectivity index (χ2n) is 6.64. The largest absolute Gasteiger partial charge is 0.495 e. The molecule has 2 rings (SSSR count). The molecule has 0 atom stereocenters. The number of benzene rings is 1. The van der Waals surface area contributed by atoms with Gasteiger partial charge in [-0.1, -0.05) is 11.6 Å². The fourth-order valence-corrected chi connectivity index (χ4v) is 2.32. The van der Waals surface area contributed by atoms with Crippen molar-refractivity contribution in [3.63, 3.8) is 0 Å². The number of rotatable bonds is 4. The molecule has 5 nitrogen and oxygen atoms in total. The third kappa shape index (κ3) is 3.19. The van der Waals surface area contributed by atoms with Crippen molar-refractivity contribution in [1.82, 2.24) is 5.32 Å². The summed E-state index contributed by atoms with van der Waals surface area (Å²) >= 11 is 0. The zero-order valence-electron chi connectivity index (χ0n) is 13.9. The molecule has 0 radical (unpaired) electrons. The van der Waals surface area contributed by atoms with E-state index in [0.717, 1.165) is 11.0 Å². The molecule has 0 aromatic heterocycles. The molecule has 0 saturated carbocycles. The summed E-state index contributed by atoms with van der Waals surface area (Å²) in [6.07, 6.45) is 0. The Morgan fingerprint density at radius 3 is 2.32 bits per heavy atom. The molecular formula is C16H24BNO4. The number of amides is 1. The van der Waals surface area contributed by atoms with Crippen LogP contribution in [0.4, 0.5) is 0 Å². The molecule has 0 bridgehead atoms. The maximum atomic E-state index is 11.9. The van der Waals surface area contributed by atoms with E-state index in [2.05, 4.69) is 5.32 Å². The van der Waals surface area contributed by atoms with Gasteiger partial charge in [-0.2, -0.15) is 0 Å². The molecule has 1 aromatic rings. The van der Waals surface area contributed by atoms with E-state index in [4.69, 9.17) is 14.4 Å². The highest BCUT2D eigenvalue weighted by Gasteiger charge is 2.52. The Morgan fingerprint density at radius 2 is 1.82 bits per heavy atom. The molecule has 120 valence electrons. The van der Waals surface area contributed by atoms with Crippen molar-refractivity contribution in [2.45, 2.75) is 45.8 Å². The van der Waals surface area contributed by atoms with Crippen molar-refractivity contribution in [3.8, 4) is 0 Å². The Kier molecular flexibility index (Phi) is 4.66. The minimum absolute atomic E-state index is 0.0727. The topological polar surface area (TPSA) is 67.8 Å². The first-order chi connectivity index (χ1) is 10.2. The molecule has 2 N–H and O–H groups in total. The van der Waals surface area contributed by atoms with Crippen LogP contribution in [0, 0.1) is 6.92 Å². The molecule has 1 fully saturated rings. The number of aryl methyl sites for hydroxylation is 1. The lowest BCUT2D eigenvalue weighted by atomic mass is 9.76. The molecular weight excluding hydrogens is 281 g/mol. The average molecular weight is 305 g/mol. The summed E-state index contributed by atoms with van der Waals surface area (Å²) in [6.45, 7) is 10.2. The van der Waals surface area contributed by atoms with Crippen LogP contribution in [-0.2, 0) is 9.31 Å². The lowest BCUT2D eigenvalue weighted by molar-refractivity contribution is 0.00578. The zero-order chi connectivity index (χ0) is 16.5. The molecule has 1 aliphatic heterocycles. The summed E-state index contributed by atoms with van der Waals surface area (Å²) in [5.41, 5.74) is 1.65. The van der Waals surface area contributed by atoms with Crippen molar-refractivity contribution in [2.75, 3.05) is 13.2 Å². The van der Waals surface area contributed by atoms with E-state index in [0.29, 0.717) is 5.56 Å². The summed E-state index contributed by atoms with van der Waals surface area (Å²) in [6, 6.07) is 5.43. The van der Waals surface area contributed by atoms with Crippen molar-refractivity contribution in [3.05, 3.63) is 29.3 Å². The van der Waals surface area contributed by atoms with Gasteiger partial charge >= 0.3 is 7.12 Å². The van der Waals surface area contributed by atoms with E-state index in [1.54, 1.807) is 6.07 Å². The first kappa shape index (κ1) is 17.0. The van der Waals surface area contributed by atoms with Crippen LogP contribution in [0.5, 0.6) is 0 Å². The van der Waals surface area contributed by atoms with Gasteiger partial charge in [0.25, 0.3) is 5.91 Å². The van der Waals surface area contributed by atoms with Crippen LogP contribution in [0.3, 0.4) is 0 Å². The third-order valence-corrected chi connectivity index (χ3v) is 4.44. The van der Waals surface area contributed by atoms with E-state index >= 15 is 0 Å². The predicted molar refractivity (Wildman–Crippen MR) is 86.3 cm³/mol. The summed E-state index contributed by atoms with van der Waals surface area (Å²) < 4.78 is 12.1. The van der Waals surface area contributed by atoms with Crippen LogP contribution in [0.25, 0.3) is 0 Å². The molecule has 0 aliphatic carbocycles. The SMILES string of the molecule is Cc1cc(C(=O)NCCO)ccc1B1OC(C)(C)C(C)(C)O1. The van der Waals surface area contributed by atoms with Gasteiger partial charge in [-0.05, 0) is 52.2 Å². The van der Waals surface area contributed by atoms with E-state index < -0.39 is 7.12 Å². The molecule has 22 heavy (non-hydrogen) atoms. The number of aliphatic hydroxyl groups excluding tert-OH is 1. The van der Waals surface area contributed by atoms with Crippen LogP contribution >= 0.6 is 0 Å². The Hall–Kier alpha value is -1.37. The van der Waals surface area contributed by atoms with Gasteiger partial charge in [0, 0.05) is 12.1 Å². The Labute approximate surface area is 132 Å². The van der Waals surface area contributed by atoms with Gasteiger partial charge < -0.3 is 19.7 Å². The molecule has 1 heterocycles. The number of aliphatic hydroxyl groups is 1. The standard InChI is InChI=1S/C16H24BNO4/c1-11-10-12(14(20)18-8-9-19)6-7-13(11)17-21-15(2,3)16(4,5)22-17/h6-7,10,19H,8-9H2,1-5H3,(H,18,20). The van der Waals surface area contributed by atoms with Crippen molar-refractivity contribution >= 4 is 18.5 Å². The number of hydrogen-bond acceptors (Lipinski definition) is 4. The number of carbonyl (C=O) groups is 1. The smallest absolute Gasteiger partial charge is 0.399 e. The molecule has 0 unspecified atom stereocenters. The number of hydrogen-bond donors (Lipinski definition) is 2. The third-order valence-electron chi connectivity index (χ3n) is 4.44. The van der Waals surface area contributed by atoms with Gasteiger partial charge in [-0.25, -0.2) is 0 Å². The van der Waals surface area contributed by atoms with Crippen molar-refractivity contribution in [2.24, 2.45) is 0 Å². The van der Waals surface area contributed by atoms with E-state index in [-0.39, 0.29) is 30.3 Å². The molecule has 1 aromatic carbocycles. The highest BCUT2D eigenvalue weighted by molar-refractivity contribution is 6.62. The first-order valence-corrected chi connectivity index (χ1v) is 7.53. The lowest BCUT2D eigenvalue weighted by Crippen LogP contribution is -2.41. The maximum Gasteiger partial charge on any atom is 0.495 e. The van der Waals surface area contributed by atoms with Gasteiger partial charge in [0.05, 0.1) is 17.8 Å². The Balaban J connectivity index is 2.19. The fraction of sp³-hybridized carbons (Fsp3) is 0.562. The average Bonchev–Trinajstić information content (AvgIpc) is 2.64. The highest BCUT2D eigenvalue weighted by Crippen LogP contribution is 2.36. The quantitative estimate of drug-likeness (QED) is 0.815. The van der Waals surface area contributed by atoms with E-state index in [9.17, 15) is 4.79 Å². The van der Waals surface area contributed by atoms with Crippen LogP contribution in [0.2, 0.25) is 0 Å². The van der Waals surface area contributed by atoms with Crippen LogP contribution in [-0.4, -0.2) is 42.5 Å². The lowest BCUT2D eigenvalue weighted by Gasteiger charge is -2.32. The minimum Gasteiger partial charge on any atom is -0.399 e. The Morgan fingerprint density at radius 1 is 1.23 bits per heavy atom. The summed E-state index contributed by atoms with van der Waals surface area (Å²) in [5, 5.41) is 11.4. The normalized spacial score (nSPS) is 19.3. The van der Waals surface area contributed by atoms with E-state index in [1.807, 2.05) is 46.8 Å². The van der Waals surface area contributed by atoms with Gasteiger partial charge in [0.1, 0.15) is 0 Å². The van der Waals surface area contributed by atoms with Gasteiger partial charge in [0.15, 0.2) is 0 Å². The minimum atomic E-state index is -0.431. The molecule has 0 spiro atoms. The molecule has 1 aliphatic rings. The molecule has 1 amide bonds. The van der Waals surface area contributed by atoms with Crippen LogP contribution in [0.15, 0.2) is 18.2 Å². The second kappa shape index (κ2) is 6.03. The number of carbonyl (C=O) groups excluding carboxylic acids is 1. The van der Waals surface area contributed by atoms with Gasteiger partial charge in [0.2, 0.25) is 0 Å². The van der Waals surface area contributed by atoms with Crippen LogP contribution < -0.4 is 10.8 Å². The van der Waals surface area contributed by atoms with Crippen LogP contribution in [0.1, 0.15) is 43.6 Å². The zero-order valence-corrected chi connectivity index (χ0v) is 13.9. The predicted octanol–water partition coefficient (Wildman–Crippen LogP) is 1.02. The van der Waals surface area contributed by atoms with Crippen molar-refractivity contribution in [1.29, 1.82) is 0 Å². The second-order valence-corrected chi connectivity index (χ2v) is 6.64. The monoisotopic (exact) mass is 305 g/mol. The van der Waals surface area contributed by atoms with Crippen molar-refractivity contribution < 1.29 is 19.2 Å². The van der Waals surface area contributed by atoms with Gasteiger partial charge in [-0.3, -0.25) is 4.79 Å². The first-order valence-electron chi connectivity index (χ1n) is 7.53. The summed E-state index contributed by atoms with van der Waals surface area (Å²) in [5.74, 6) is -0.197. The number of nitrogens with one attached hydrogen (secondary N) is 1. The Bertz CT molecular complexity index is 555. The summed E-state index contributed by atoms with van der Waals surface area (Å²) in [7, 11) is -0.431. The molecule has 1 saturated heterocycles. The van der Waals surface area contributed by atoms with E-state index in [1.165, 1.54) is 0 Å². The fourth-order valence-electron chi connectivity index (χ4n) is 2.32. The highest BCUT2D eigenvalue weighted by atomic mass is 16.7. The molecule has 6 heteroatoms. The maximum absolute atomic E-state index is 11.9. The van der Waals surface area contributed by atoms with Gasteiger partial charge in [-0.15, -0.1) is 0 Å². The summed E-state index contributed by atoms with van der Waals surface area (Å²) in [4.78, 5) is 11.9.